The van der Waals surface area contributed by atoms with E-state index < -0.39 is 0 Å². The highest BCUT2D eigenvalue weighted by Crippen LogP contribution is 2.43. The summed E-state index contributed by atoms with van der Waals surface area (Å²) < 4.78 is 0. The fourth-order valence-corrected chi connectivity index (χ4v) is 3.29. The molecule has 1 aliphatic carbocycles. The van der Waals surface area contributed by atoms with Crippen molar-refractivity contribution in [3.63, 3.8) is 0 Å². The van der Waals surface area contributed by atoms with Gasteiger partial charge in [-0.2, -0.15) is 5.26 Å². The van der Waals surface area contributed by atoms with Crippen LogP contribution in [0, 0.1) is 22.7 Å². The number of hydrogen-bond donors (Lipinski definition) is 0. The van der Waals surface area contributed by atoms with Crippen molar-refractivity contribution in [2.24, 2.45) is 11.3 Å². The molecule has 98 valence electrons. The summed E-state index contributed by atoms with van der Waals surface area (Å²) in [6, 6.07) is 2.67. The fourth-order valence-electron chi connectivity index (χ4n) is 3.29. The zero-order valence-corrected chi connectivity index (χ0v) is 11.8. The molecule has 17 heavy (non-hydrogen) atoms. The Morgan fingerprint density at radius 2 is 1.94 bits per heavy atom. The quantitative estimate of drug-likeness (QED) is 0.538. The van der Waals surface area contributed by atoms with Gasteiger partial charge in [-0.1, -0.05) is 65.2 Å². The van der Waals surface area contributed by atoms with E-state index in [1.54, 1.807) is 0 Å². The average Bonchev–Trinajstić information content (AvgIpc) is 2.39. The third kappa shape index (κ3) is 4.70. The molecule has 1 saturated carbocycles. The predicted octanol–water partition coefficient (Wildman–Crippen LogP) is 5.46. The fraction of sp³-hybridized carbons (Fsp3) is 0.938. The van der Waals surface area contributed by atoms with Crippen molar-refractivity contribution in [3.8, 4) is 6.07 Å². The van der Waals surface area contributed by atoms with Crippen LogP contribution in [0.15, 0.2) is 0 Å². The predicted molar refractivity (Wildman–Crippen MR) is 73.7 cm³/mol. The van der Waals surface area contributed by atoms with Gasteiger partial charge < -0.3 is 0 Å². The van der Waals surface area contributed by atoms with Crippen molar-refractivity contribution < 1.29 is 0 Å². The SMILES string of the molecule is CCCCCCCC1(C#N)CCCC(CC)C1. The van der Waals surface area contributed by atoms with Crippen molar-refractivity contribution in [3.05, 3.63) is 0 Å². The lowest BCUT2D eigenvalue weighted by molar-refractivity contribution is 0.178. The molecule has 1 aliphatic rings. The van der Waals surface area contributed by atoms with Gasteiger partial charge in [-0.05, 0) is 25.2 Å². The summed E-state index contributed by atoms with van der Waals surface area (Å²) in [7, 11) is 0. The first kappa shape index (κ1) is 14.6. The highest BCUT2D eigenvalue weighted by molar-refractivity contribution is 5.01. The minimum atomic E-state index is 0.0468. The molecule has 0 aromatic rings. The van der Waals surface area contributed by atoms with Crippen molar-refractivity contribution in [1.82, 2.24) is 0 Å². The van der Waals surface area contributed by atoms with Crippen LogP contribution in [-0.4, -0.2) is 0 Å². The number of unbranched alkanes of at least 4 members (excludes halogenated alkanes) is 4. The third-order valence-electron chi connectivity index (χ3n) is 4.52. The largest absolute Gasteiger partial charge is 0.198 e. The highest BCUT2D eigenvalue weighted by Gasteiger charge is 2.35. The van der Waals surface area contributed by atoms with Crippen LogP contribution in [-0.2, 0) is 0 Å². The van der Waals surface area contributed by atoms with Crippen LogP contribution in [0.25, 0.3) is 0 Å². The van der Waals surface area contributed by atoms with Gasteiger partial charge in [-0.3, -0.25) is 0 Å². The van der Waals surface area contributed by atoms with Crippen molar-refractivity contribution in [2.75, 3.05) is 0 Å². The summed E-state index contributed by atoms with van der Waals surface area (Å²) in [5.74, 6) is 0.819. The van der Waals surface area contributed by atoms with E-state index in [-0.39, 0.29) is 5.41 Å². The highest BCUT2D eigenvalue weighted by atomic mass is 14.4. The Kier molecular flexibility index (Phi) is 6.63. The Morgan fingerprint density at radius 3 is 2.59 bits per heavy atom. The summed E-state index contributed by atoms with van der Waals surface area (Å²) in [5.41, 5.74) is 0.0468. The molecule has 0 aromatic carbocycles. The van der Waals surface area contributed by atoms with Crippen LogP contribution in [0.2, 0.25) is 0 Å². The first-order valence-electron chi connectivity index (χ1n) is 7.67. The third-order valence-corrected chi connectivity index (χ3v) is 4.52. The summed E-state index contributed by atoms with van der Waals surface area (Å²) in [4.78, 5) is 0. The lowest BCUT2D eigenvalue weighted by Crippen LogP contribution is -2.27. The second-order valence-corrected chi connectivity index (χ2v) is 5.93. The van der Waals surface area contributed by atoms with Gasteiger partial charge in [0.25, 0.3) is 0 Å². The number of hydrogen-bond acceptors (Lipinski definition) is 1. The van der Waals surface area contributed by atoms with Gasteiger partial charge in [-0.15, -0.1) is 0 Å². The molecule has 0 aromatic heterocycles. The van der Waals surface area contributed by atoms with Crippen LogP contribution in [0.3, 0.4) is 0 Å². The molecule has 0 N–H and O–H groups in total. The first-order chi connectivity index (χ1) is 8.26. The summed E-state index contributed by atoms with van der Waals surface area (Å²) in [5, 5.41) is 9.51. The van der Waals surface area contributed by atoms with Crippen LogP contribution < -0.4 is 0 Å². The van der Waals surface area contributed by atoms with Gasteiger partial charge in [0.15, 0.2) is 0 Å². The molecule has 0 bridgehead atoms. The topological polar surface area (TPSA) is 23.8 Å². The van der Waals surface area contributed by atoms with Crippen molar-refractivity contribution >= 4 is 0 Å². The average molecular weight is 235 g/mol. The van der Waals surface area contributed by atoms with Crippen molar-refractivity contribution in [1.29, 1.82) is 5.26 Å². The van der Waals surface area contributed by atoms with Gasteiger partial charge in [0.05, 0.1) is 11.5 Å². The Balaban J connectivity index is 2.33. The second kappa shape index (κ2) is 7.75. The molecule has 0 amide bonds. The standard InChI is InChI=1S/C16H29N/c1-3-5-6-7-8-11-16(14-17)12-9-10-15(4-2)13-16/h15H,3-13H2,1-2H3. The van der Waals surface area contributed by atoms with Crippen LogP contribution in [0.5, 0.6) is 0 Å². The number of nitrogens with zero attached hydrogens (tertiary/aromatic N) is 1. The Bertz CT molecular complexity index is 240. The minimum absolute atomic E-state index is 0.0468. The van der Waals surface area contributed by atoms with E-state index in [1.807, 2.05) is 0 Å². The van der Waals surface area contributed by atoms with Crippen LogP contribution >= 0.6 is 0 Å². The van der Waals surface area contributed by atoms with E-state index in [2.05, 4.69) is 19.9 Å². The maximum absolute atomic E-state index is 9.51. The lowest BCUT2D eigenvalue weighted by Gasteiger charge is -2.35. The van der Waals surface area contributed by atoms with E-state index in [1.165, 1.54) is 57.8 Å². The number of nitriles is 1. The maximum Gasteiger partial charge on any atom is 0.0689 e. The molecule has 1 nitrogen and oxygen atoms in total. The van der Waals surface area contributed by atoms with Gasteiger partial charge in [0.2, 0.25) is 0 Å². The van der Waals surface area contributed by atoms with E-state index in [0.717, 1.165) is 18.8 Å². The Morgan fingerprint density at radius 1 is 1.18 bits per heavy atom. The molecule has 2 unspecified atom stereocenters. The molecule has 0 radical (unpaired) electrons. The van der Waals surface area contributed by atoms with E-state index >= 15 is 0 Å². The molecule has 0 saturated heterocycles. The molecule has 1 heteroatoms. The van der Waals surface area contributed by atoms with E-state index in [4.69, 9.17) is 0 Å². The van der Waals surface area contributed by atoms with Crippen LogP contribution in [0.1, 0.15) is 84.5 Å². The smallest absolute Gasteiger partial charge is 0.0689 e. The van der Waals surface area contributed by atoms with E-state index in [9.17, 15) is 5.26 Å². The number of rotatable bonds is 7. The van der Waals surface area contributed by atoms with Gasteiger partial charge >= 0.3 is 0 Å². The summed E-state index contributed by atoms with van der Waals surface area (Å²) >= 11 is 0. The molecule has 2 atom stereocenters. The summed E-state index contributed by atoms with van der Waals surface area (Å²) in [6.45, 7) is 4.53. The van der Waals surface area contributed by atoms with Gasteiger partial charge in [-0.25, -0.2) is 0 Å². The molecule has 0 heterocycles. The molecule has 0 spiro atoms. The molecular formula is C16H29N. The molecule has 1 fully saturated rings. The van der Waals surface area contributed by atoms with Crippen molar-refractivity contribution in [2.45, 2.75) is 84.5 Å². The summed E-state index contributed by atoms with van der Waals surface area (Å²) in [6.07, 6.45) is 14.0. The minimum Gasteiger partial charge on any atom is -0.198 e. The first-order valence-corrected chi connectivity index (χ1v) is 7.67. The zero-order chi connectivity index (χ0) is 12.6. The normalized spacial score (nSPS) is 28.9. The van der Waals surface area contributed by atoms with E-state index in [0.29, 0.717) is 0 Å². The molecule has 0 aliphatic heterocycles. The monoisotopic (exact) mass is 235 g/mol. The maximum atomic E-state index is 9.51. The van der Waals surface area contributed by atoms with Crippen LogP contribution in [0.4, 0.5) is 0 Å². The Hall–Kier alpha value is -0.510. The zero-order valence-electron chi connectivity index (χ0n) is 11.8. The second-order valence-electron chi connectivity index (χ2n) is 5.93. The molecular weight excluding hydrogens is 206 g/mol. The lowest BCUT2D eigenvalue weighted by atomic mass is 9.67. The molecule has 1 rings (SSSR count). The Labute approximate surface area is 108 Å². The van der Waals surface area contributed by atoms with Gasteiger partial charge in [0.1, 0.15) is 0 Å². The van der Waals surface area contributed by atoms with Gasteiger partial charge in [0, 0.05) is 0 Å².